The van der Waals surface area contributed by atoms with Crippen LogP contribution in [0.25, 0.3) is 0 Å². The summed E-state index contributed by atoms with van der Waals surface area (Å²) < 4.78 is 0.908. The maximum atomic E-state index is 14.1. The van der Waals surface area contributed by atoms with Crippen molar-refractivity contribution in [2.45, 2.75) is 43.8 Å². The van der Waals surface area contributed by atoms with E-state index in [2.05, 4.69) is 55.8 Å². The van der Waals surface area contributed by atoms with Gasteiger partial charge in [-0.1, -0.05) is 83.5 Å². The molecule has 0 radical (unpaired) electrons. The van der Waals surface area contributed by atoms with Crippen LogP contribution in [-0.2, 0) is 4.79 Å². The third-order valence-electron chi connectivity index (χ3n) is 7.28. The zero-order valence-electron chi connectivity index (χ0n) is 22.7. The molecule has 1 saturated heterocycles. The Morgan fingerprint density at radius 2 is 1.62 bits per heavy atom. The second-order valence-corrected chi connectivity index (χ2v) is 11.0. The molecule has 8 nitrogen and oxygen atoms in total. The van der Waals surface area contributed by atoms with Crippen molar-refractivity contribution >= 4 is 33.7 Å². The molecule has 6 N–H and O–H groups in total. The third-order valence-corrected chi connectivity index (χ3v) is 7.81. The summed E-state index contributed by atoms with van der Waals surface area (Å²) in [5, 5.41) is 6.51. The number of hydrogen-bond acceptors (Lipinski definition) is 4. The van der Waals surface area contributed by atoms with Gasteiger partial charge in [0.15, 0.2) is 5.96 Å². The summed E-state index contributed by atoms with van der Waals surface area (Å²) in [5.74, 6) is -0.259. The van der Waals surface area contributed by atoms with E-state index in [4.69, 9.17) is 11.5 Å². The lowest BCUT2D eigenvalue weighted by Crippen LogP contribution is -2.54. The third kappa shape index (κ3) is 7.70. The molecule has 1 heterocycles. The monoisotopic (exact) mass is 604 g/mol. The zero-order valence-corrected chi connectivity index (χ0v) is 24.3. The second kappa shape index (κ2) is 14.1. The van der Waals surface area contributed by atoms with E-state index >= 15 is 0 Å². The number of halogens is 1. The van der Waals surface area contributed by atoms with Crippen LogP contribution in [0.2, 0.25) is 0 Å². The maximum Gasteiger partial charge on any atom is 0.251 e. The van der Waals surface area contributed by atoms with Crippen molar-refractivity contribution < 1.29 is 9.59 Å². The van der Waals surface area contributed by atoms with Gasteiger partial charge in [0, 0.05) is 41.6 Å². The number of guanidine groups is 1. The van der Waals surface area contributed by atoms with Crippen molar-refractivity contribution in [2.75, 3.05) is 19.6 Å². The lowest BCUT2D eigenvalue weighted by Gasteiger charge is -2.31. The van der Waals surface area contributed by atoms with Gasteiger partial charge in [0.1, 0.15) is 6.04 Å². The highest BCUT2D eigenvalue weighted by molar-refractivity contribution is 9.10. The Bertz CT molecular complexity index is 1240. The van der Waals surface area contributed by atoms with Gasteiger partial charge in [-0.05, 0) is 48.2 Å². The second-order valence-electron chi connectivity index (χ2n) is 10.0. The van der Waals surface area contributed by atoms with Crippen LogP contribution >= 0.6 is 15.9 Å². The Kier molecular flexibility index (Phi) is 10.3. The largest absolute Gasteiger partial charge is 0.370 e. The van der Waals surface area contributed by atoms with E-state index in [9.17, 15) is 9.59 Å². The Hall–Kier alpha value is -3.69. The van der Waals surface area contributed by atoms with E-state index in [0.717, 1.165) is 15.6 Å². The zero-order chi connectivity index (χ0) is 28.5. The molecule has 210 valence electrons. The minimum atomic E-state index is -0.628. The Labute approximate surface area is 244 Å². The number of benzene rings is 3. The van der Waals surface area contributed by atoms with Crippen molar-refractivity contribution in [1.29, 1.82) is 0 Å². The van der Waals surface area contributed by atoms with Crippen LogP contribution in [0, 0.1) is 0 Å². The topological polar surface area (TPSA) is 126 Å². The van der Waals surface area contributed by atoms with E-state index in [1.54, 1.807) is 12.1 Å². The number of nitrogens with zero attached hydrogens (tertiary/aromatic N) is 2. The number of amides is 2. The molecule has 1 aliphatic rings. The fourth-order valence-electron chi connectivity index (χ4n) is 5.15. The molecule has 40 heavy (non-hydrogen) atoms. The van der Waals surface area contributed by atoms with Crippen LogP contribution in [0.4, 0.5) is 0 Å². The predicted octanol–water partition coefficient (Wildman–Crippen LogP) is 3.62. The molecule has 4 rings (SSSR count). The van der Waals surface area contributed by atoms with Crippen LogP contribution in [0.15, 0.2) is 94.4 Å². The molecule has 0 bridgehead atoms. The van der Waals surface area contributed by atoms with Crippen molar-refractivity contribution in [3.05, 3.63) is 106 Å². The number of aliphatic imine (C=N–C) groups is 1. The SMILES string of the molecule is CCC(N=C(N)N)[C@@H]1N[C@H](CNC(=O)c2ccc(Br)cc2)CCN(CC(c2ccccc2)c2ccccc2)C1=O. The number of hydrogen-bond donors (Lipinski definition) is 4. The Morgan fingerprint density at radius 3 is 2.17 bits per heavy atom. The van der Waals surface area contributed by atoms with Crippen LogP contribution < -0.4 is 22.1 Å². The molecule has 0 aliphatic carbocycles. The number of carbonyl (C=O) groups excluding carboxylic acids is 2. The fourth-order valence-corrected chi connectivity index (χ4v) is 5.42. The van der Waals surface area contributed by atoms with E-state index < -0.39 is 12.1 Å². The van der Waals surface area contributed by atoms with Crippen LogP contribution in [0.1, 0.15) is 47.2 Å². The van der Waals surface area contributed by atoms with Crippen LogP contribution in [0.3, 0.4) is 0 Å². The summed E-state index contributed by atoms with van der Waals surface area (Å²) in [6.07, 6.45) is 1.24. The van der Waals surface area contributed by atoms with E-state index in [-0.39, 0.29) is 29.7 Å². The summed E-state index contributed by atoms with van der Waals surface area (Å²) in [4.78, 5) is 33.2. The van der Waals surface area contributed by atoms with Crippen LogP contribution in [-0.4, -0.2) is 60.4 Å². The predicted molar refractivity (Wildman–Crippen MR) is 163 cm³/mol. The molecule has 1 fully saturated rings. The van der Waals surface area contributed by atoms with Gasteiger partial charge < -0.3 is 21.7 Å². The highest BCUT2D eigenvalue weighted by atomic mass is 79.9. The number of nitrogens with two attached hydrogens (primary N) is 2. The quantitative estimate of drug-likeness (QED) is 0.208. The highest BCUT2D eigenvalue weighted by Gasteiger charge is 2.37. The molecular formula is C31H37BrN6O2. The van der Waals surface area contributed by atoms with Crippen molar-refractivity contribution in [3.63, 3.8) is 0 Å². The number of carbonyl (C=O) groups is 2. The summed E-state index contributed by atoms with van der Waals surface area (Å²) in [5.41, 5.74) is 14.4. The molecule has 1 unspecified atom stereocenters. The van der Waals surface area contributed by atoms with Gasteiger partial charge >= 0.3 is 0 Å². The molecule has 3 atom stereocenters. The van der Waals surface area contributed by atoms with Gasteiger partial charge in [-0.2, -0.15) is 0 Å². The van der Waals surface area contributed by atoms with Gasteiger partial charge in [0.2, 0.25) is 5.91 Å². The van der Waals surface area contributed by atoms with Crippen molar-refractivity contribution in [1.82, 2.24) is 15.5 Å². The average Bonchev–Trinajstić information content (AvgIpc) is 3.12. The van der Waals surface area contributed by atoms with Gasteiger partial charge in [-0.3, -0.25) is 14.9 Å². The number of rotatable bonds is 10. The summed E-state index contributed by atoms with van der Waals surface area (Å²) in [7, 11) is 0. The molecule has 0 spiro atoms. The fraction of sp³-hybridized carbons (Fsp3) is 0.323. The molecule has 9 heteroatoms. The van der Waals surface area contributed by atoms with Gasteiger partial charge in [0.25, 0.3) is 5.91 Å². The standard InChI is InChI=1S/C31H37BrN6O2/c1-2-27(37-31(33)34)28-30(40)38(20-26(21-9-5-3-6-10-21)22-11-7-4-8-12-22)18-17-25(36-28)19-35-29(39)23-13-15-24(32)16-14-23/h3-16,25-28,36H,2,17-20H2,1H3,(H,35,39)(H4,33,34,37)/t25-,27?,28-/m0/s1. The first kappa shape index (κ1) is 29.3. The van der Waals surface area contributed by atoms with Gasteiger partial charge in [0.05, 0.1) is 6.04 Å². The maximum absolute atomic E-state index is 14.1. The first-order valence-corrected chi connectivity index (χ1v) is 14.4. The molecule has 3 aromatic rings. The smallest absolute Gasteiger partial charge is 0.251 e. The Balaban J connectivity index is 1.57. The minimum absolute atomic E-state index is 0.00353. The lowest BCUT2D eigenvalue weighted by molar-refractivity contribution is -0.133. The van der Waals surface area contributed by atoms with E-state index in [0.29, 0.717) is 38.0 Å². The molecule has 3 aromatic carbocycles. The first-order chi connectivity index (χ1) is 19.4. The minimum Gasteiger partial charge on any atom is -0.370 e. The number of nitrogens with one attached hydrogen (secondary N) is 2. The molecular weight excluding hydrogens is 568 g/mol. The van der Waals surface area contributed by atoms with Crippen molar-refractivity contribution in [2.24, 2.45) is 16.5 Å². The van der Waals surface area contributed by atoms with Crippen molar-refractivity contribution in [3.8, 4) is 0 Å². The summed E-state index contributed by atoms with van der Waals surface area (Å²) >= 11 is 3.40. The summed E-state index contributed by atoms with van der Waals surface area (Å²) in [6, 6.07) is 26.5. The first-order valence-electron chi connectivity index (χ1n) is 13.6. The molecule has 0 aromatic heterocycles. The van der Waals surface area contributed by atoms with E-state index in [1.807, 2.05) is 60.4 Å². The molecule has 0 saturated carbocycles. The highest BCUT2D eigenvalue weighted by Crippen LogP contribution is 2.27. The Morgan fingerprint density at radius 1 is 1.02 bits per heavy atom. The average molecular weight is 606 g/mol. The van der Waals surface area contributed by atoms with Crippen LogP contribution in [0.5, 0.6) is 0 Å². The van der Waals surface area contributed by atoms with Gasteiger partial charge in [-0.15, -0.1) is 0 Å². The normalized spacial score (nSPS) is 18.2. The van der Waals surface area contributed by atoms with Gasteiger partial charge in [-0.25, -0.2) is 4.99 Å². The van der Waals surface area contributed by atoms with E-state index in [1.165, 1.54) is 0 Å². The molecule has 1 aliphatic heterocycles. The summed E-state index contributed by atoms with van der Waals surface area (Å²) in [6.45, 7) is 3.38. The lowest BCUT2D eigenvalue weighted by atomic mass is 9.90. The molecule has 2 amide bonds.